The van der Waals surface area contributed by atoms with Gasteiger partial charge in [-0.3, -0.25) is 4.98 Å². The number of fused-ring (bicyclic) bond motifs is 2. The lowest BCUT2D eigenvalue weighted by molar-refractivity contribution is 1.18. The molecule has 0 atom stereocenters. The van der Waals surface area contributed by atoms with Crippen molar-refractivity contribution in [3.8, 4) is 67.3 Å². The van der Waals surface area contributed by atoms with Crippen LogP contribution in [-0.2, 0) is 0 Å². The van der Waals surface area contributed by atoms with E-state index >= 15 is 0 Å². The average molecular weight is 638 g/mol. The Balaban J connectivity index is 1.04. The minimum atomic E-state index is 0.709. The molecule has 0 aliphatic rings. The zero-order valence-corrected chi connectivity index (χ0v) is 27.2. The van der Waals surface area contributed by atoms with Gasteiger partial charge in [0.25, 0.3) is 0 Å². The summed E-state index contributed by atoms with van der Waals surface area (Å²) in [6, 6.07) is 63.8. The Hall–Kier alpha value is -6.71. The molecule has 3 nitrogen and oxygen atoms in total. The van der Waals surface area contributed by atoms with E-state index in [4.69, 9.17) is 9.97 Å². The molecule has 9 rings (SSSR count). The first-order valence-corrected chi connectivity index (χ1v) is 16.8. The monoisotopic (exact) mass is 637 g/mol. The molecule has 0 amide bonds. The Kier molecular flexibility index (Phi) is 7.49. The largest absolute Gasteiger partial charge is 0.256 e. The summed E-state index contributed by atoms with van der Waals surface area (Å²) in [6.07, 6.45) is 1.96. The zero-order valence-electron chi connectivity index (χ0n) is 27.2. The molecular weight excluding hydrogens is 607 g/mol. The SMILES string of the molecule is c1ccc(-c2cc(-c3ccccc3)nc(-c3ccc(-c4ccc5cccc(-c6ccc(-c7cnc8ccccc8c7)cc6)c5c4)cc3)n2)cc1. The fourth-order valence-electron chi connectivity index (χ4n) is 6.68. The second-order valence-corrected chi connectivity index (χ2v) is 12.5. The lowest BCUT2D eigenvalue weighted by Gasteiger charge is -2.12. The second kappa shape index (κ2) is 12.7. The highest BCUT2D eigenvalue weighted by atomic mass is 14.9. The molecule has 50 heavy (non-hydrogen) atoms. The van der Waals surface area contributed by atoms with E-state index in [0.29, 0.717) is 5.82 Å². The Morgan fingerprint density at radius 1 is 0.320 bits per heavy atom. The molecule has 0 saturated carbocycles. The van der Waals surface area contributed by atoms with Crippen LogP contribution in [-0.4, -0.2) is 15.0 Å². The van der Waals surface area contributed by atoms with E-state index in [-0.39, 0.29) is 0 Å². The van der Waals surface area contributed by atoms with Crippen LogP contribution in [0.25, 0.3) is 89.0 Å². The highest BCUT2D eigenvalue weighted by molar-refractivity contribution is 5.99. The van der Waals surface area contributed by atoms with Gasteiger partial charge in [-0.1, -0.05) is 158 Å². The summed E-state index contributed by atoms with van der Waals surface area (Å²) in [5, 5.41) is 3.58. The van der Waals surface area contributed by atoms with E-state index in [2.05, 4.69) is 138 Å². The third-order valence-electron chi connectivity index (χ3n) is 9.34. The number of rotatable bonds is 6. The summed E-state index contributed by atoms with van der Waals surface area (Å²) in [7, 11) is 0. The van der Waals surface area contributed by atoms with Gasteiger partial charge in [0.05, 0.1) is 16.9 Å². The van der Waals surface area contributed by atoms with Gasteiger partial charge in [0.1, 0.15) is 0 Å². The maximum atomic E-state index is 5.01. The lowest BCUT2D eigenvalue weighted by Crippen LogP contribution is -1.95. The van der Waals surface area contributed by atoms with E-state index in [9.17, 15) is 0 Å². The molecule has 0 N–H and O–H groups in total. The molecule has 234 valence electrons. The summed E-state index contributed by atoms with van der Waals surface area (Å²) < 4.78 is 0. The first-order valence-electron chi connectivity index (χ1n) is 16.8. The lowest BCUT2D eigenvalue weighted by atomic mass is 9.93. The Labute approximate surface area is 291 Å². The van der Waals surface area contributed by atoms with Crippen molar-refractivity contribution in [3.05, 3.63) is 188 Å². The number of hydrogen-bond acceptors (Lipinski definition) is 3. The summed E-state index contributed by atoms with van der Waals surface area (Å²) in [4.78, 5) is 14.7. The average Bonchev–Trinajstić information content (AvgIpc) is 3.21. The van der Waals surface area contributed by atoms with Gasteiger partial charge in [-0.2, -0.15) is 0 Å². The standard InChI is InChI=1S/C47H31N3/c1-3-10-36(11-4-1)45-30-46(37-12-5-2-6-13-37)50-47(49-45)38-25-20-32(21-26-38)39-27-24-34-15-9-16-42(43(34)29-39)35-22-18-33(19-23-35)41-28-40-14-7-8-17-44(40)48-31-41/h1-31H. The van der Waals surface area contributed by atoms with Crippen molar-refractivity contribution in [1.29, 1.82) is 0 Å². The first-order chi connectivity index (χ1) is 24.7. The normalized spacial score (nSPS) is 11.2. The predicted molar refractivity (Wildman–Crippen MR) is 207 cm³/mol. The Bertz CT molecular complexity index is 2550. The van der Waals surface area contributed by atoms with Crippen molar-refractivity contribution in [2.24, 2.45) is 0 Å². The number of aromatic nitrogens is 3. The van der Waals surface area contributed by atoms with Crippen molar-refractivity contribution in [1.82, 2.24) is 15.0 Å². The molecule has 0 bridgehead atoms. The molecule has 0 aliphatic heterocycles. The number of hydrogen-bond donors (Lipinski definition) is 0. The fourth-order valence-corrected chi connectivity index (χ4v) is 6.68. The van der Waals surface area contributed by atoms with Crippen molar-refractivity contribution in [2.45, 2.75) is 0 Å². The van der Waals surface area contributed by atoms with Crippen LogP contribution < -0.4 is 0 Å². The summed E-state index contributed by atoms with van der Waals surface area (Å²) in [6.45, 7) is 0. The van der Waals surface area contributed by atoms with Crippen LogP contribution in [0.3, 0.4) is 0 Å². The van der Waals surface area contributed by atoms with Crippen LogP contribution in [0.1, 0.15) is 0 Å². The van der Waals surface area contributed by atoms with Crippen LogP contribution in [0.2, 0.25) is 0 Å². The molecule has 0 spiro atoms. The van der Waals surface area contributed by atoms with Crippen molar-refractivity contribution >= 4 is 21.7 Å². The number of nitrogens with zero attached hydrogens (tertiary/aromatic N) is 3. The zero-order chi connectivity index (χ0) is 33.3. The van der Waals surface area contributed by atoms with Gasteiger partial charge in [0, 0.05) is 33.8 Å². The fraction of sp³-hybridized carbons (Fsp3) is 0. The van der Waals surface area contributed by atoms with Crippen molar-refractivity contribution in [3.63, 3.8) is 0 Å². The molecule has 3 heteroatoms. The van der Waals surface area contributed by atoms with Gasteiger partial charge >= 0.3 is 0 Å². The third kappa shape index (κ3) is 5.72. The topological polar surface area (TPSA) is 38.7 Å². The molecule has 0 radical (unpaired) electrons. The van der Waals surface area contributed by atoms with E-state index in [1.807, 2.05) is 54.7 Å². The molecule has 9 aromatic rings. The molecule has 0 fully saturated rings. The van der Waals surface area contributed by atoms with Crippen LogP contribution in [0.5, 0.6) is 0 Å². The second-order valence-electron chi connectivity index (χ2n) is 12.5. The molecule has 0 aliphatic carbocycles. The highest BCUT2D eigenvalue weighted by Gasteiger charge is 2.12. The summed E-state index contributed by atoms with van der Waals surface area (Å²) in [5.74, 6) is 0.709. The maximum absolute atomic E-state index is 5.01. The third-order valence-corrected chi connectivity index (χ3v) is 9.34. The van der Waals surface area contributed by atoms with Crippen LogP contribution >= 0.6 is 0 Å². The number of pyridine rings is 1. The van der Waals surface area contributed by atoms with Gasteiger partial charge in [-0.25, -0.2) is 9.97 Å². The quantitative estimate of drug-likeness (QED) is 0.182. The van der Waals surface area contributed by atoms with E-state index < -0.39 is 0 Å². The van der Waals surface area contributed by atoms with Crippen molar-refractivity contribution in [2.75, 3.05) is 0 Å². The number of para-hydroxylation sites is 1. The van der Waals surface area contributed by atoms with Gasteiger partial charge < -0.3 is 0 Å². The van der Waals surface area contributed by atoms with Crippen LogP contribution in [0.15, 0.2) is 188 Å². The van der Waals surface area contributed by atoms with Gasteiger partial charge in [-0.05, 0) is 62.9 Å². The summed E-state index contributed by atoms with van der Waals surface area (Å²) in [5.41, 5.74) is 12.9. The maximum Gasteiger partial charge on any atom is 0.160 e. The first kappa shape index (κ1) is 29.4. The molecule has 0 unspecified atom stereocenters. The smallest absolute Gasteiger partial charge is 0.160 e. The molecule has 7 aromatic carbocycles. The summed E-state index contributed by atoms with van der Waals surface area (Å²) >= 11 is 0. The van der Waals surface area contributed by atoms with Crippen LogP contribution in [0.4, 0.5) is 0 Å². The van der Waals surface area contributed by atoms with E-state index in [1.165, 1.54) is 27.5 Å². The Morgan fingerprint density at radius 2 is 0.880 bits per heavy atom. The predicted octanol–water partition coefficient (Wildman–Crippen LogP) is 12.2. The number of benzene rings is 7. The molecule has 2 aromatic heterocycles. The van der Waals surface area contributed by atoms with E-state index in [0.717, 1.165) is 55.7 Å². The molecule has 2 heterocycles. The van der Waals surface area contributed by atoms with Gasteiger partial charge in [0.2, 0.25) is 0 Å². The molecule has 0 saturated heterocycles. The van der Waals surface area contributed by atoms with Crippen molar-refractivity contribution < 1.29 is 0 Å². The van der Waals surface area contributed by atoms with Gasteiger partial charge in [0.15, 0.2) is 5.82 Å². The molecular formula is C47H31N3. The van der Waals surface area contributed by atoms with Crippen LogP contribution in [0, 0.1) is 0 Å². The minimum absolute atomic E-state index is 0.709. The van der Waals surface area contributed by atoms with E-state index in [1.54, 1.807) is 0 Å². The minimum Gasteiger partial charge on any atom is -0.256 e. The van der Waals surface area contributed by atoms with Gasteiger partial charge in [-0.15, -0.1) is 0 Å². The Morgan fingerprint density at radius 3 is 1.58 bits per heavy atom. The highest BCUT2D eigenvalue weighted by Crippen LogP contribution is 2.35.